The fraction of sp³-hybridized carbons (Fsp3) is 0.273. The Bertz CT molecular complexity index is 973. The van der Waals surface area contributed by atoms with Crippen LogP contribution in [0.25, 0.3) is 17.1 Å². The third-order valence-electron chi connectivity index (χ3n) is 4.50. The van der Waals surface area contributed by atoms with Crippen LogP contribution in [0.2, 0.25) is 0 Å². The van der Waals surface area contributed by atoms with Gasteiger partial charge in [0.1, 0.15) is 11.6 Å². The lowest BCUT2D eigenvalue weighted by atomic mass is 10.1. The normalized spacial score (nSPS) is 11.2. The first-order valence-corrected chi connectivity index (χ1v) is 9.11. The molecule has 140 valence electrons. The molecular formula is C22H25N3O2. The number of benzene rings is 2. The Balaban J connectivity index is 1.53. The molecule has 0 fully saturated rings. The van der Waals surface area contributed by atoms with Gasteiger partial charge in [-0.1, -0.05) is 23.8 Å². The van der Waals surface area contributed by atoms with Gasteiger partial charge in [0.15, 0.2) is 0 Å². The zero-order valence-electron chi connectivity index (χ0n) is 16.0. The van der Waals surface area contributed by atoms with Crippen molar-refractivity contribution in [2.24, 2.45) is 0 Å². The largest absolute Gasteiger partial charge is 0.496 e. The standard InChI is InChI=1S/C22H25N3O2/c1-16-9-11-21(27-3)18(15-16)10-12-22(26)23-13-6-14-25-17(2)24-19-7-4-5-8-20(19)25/h4-5,7-12,15H,6,13-14H2,1-3H3,(H,23,26)/b12-10+. The van der Waals surface area contributed by atoms with Crippen LogP contribution in [0.15, 0.2) is 48.5 Å². The summed E-state index contributed by atoms with van der Waals surface area (Å²) in [5, 5.41) is 2.93. The summed E-state index contributed by atoms with van der Waals surface area (Å²) in [4.78, 5) is 16.6. The van der Waals surface area contributed by atoms with Crippen molar-refractivity contribution in [3.63, 3.8) is 0 Å². The number of aromatic nitrogens is 2. The van der Waals surface area contributed by atoms with Gasteiger partial charge >= 0.3 is 0 Å². The first kappa shape index (κ1) is 18.7. The number of hydrogen-bond donors (Lipinski definition) is 1. The Morgan fingerprint density at radius 1 is 1.22 bits per heavy atom. The molecule has 0 unspecified atom stereocenters. The van der Waals surface area contributed by atoms with Gasteiger partial charge in [-0.25, -0.2) is 4.98 Å². The Morgan fingerprint density at radius 2 is 2.04 bits per heavy atom. The van der Waals surface area contributed by atoms with Gasteiger partial charge < -0.3 is 14.6 Å². The van der Waals surface area contributed by atoms with E-state index in [1.807, 2.05) is 50.2 Å². The van der Waals surface area contributed by atoms with Crippen molar-refractivity contribution in [2.75, 3.05) is 13.7 Å². The number of amides is 1. The van der Waals surface area contributed by atoms with Crippen LogP contribution in [0, 0.1) is 13.8 Å². The van der Waals surface area contributed by atoms with Crippen LogP contribution in [-0.4, -0.2) is 29.1 Å². The Morgan fingerprint density at radius 3 is 2.85 bits per heavy atom. The summed E-state index contributed by atoms with van der Waals surface area (Å²) in [6, 6.07) is 14.0. The van der Waals surface area contributed by atoms with Gasteiger partial charge in [0, 0.05) is 24.7 Å². The average Bonchev–Trinajstić information content (AvgIpc) is 2.99. The van der Waals surface area contributed by atoms with Crippen molar-refractivity contribution in [1.82, 2.24) is 14.9 Å². The van der Waals surface area contributed by atoms with E-state index in [0.717, 1.165) is 46.7 Å². The lowest BCUT2D eigenvalue weighted by Crippen LogP contribution is -2.23. The van der Waals surface area contributed by atoms with Gasteiger partial charge in [-0.3, -0.25) is 4.79 Å². The number of imidazole rings is 1. The molecule has 27 heavy (non-hydrogen) atoms. The number of hydrogen-bond acceptors (Lipinski definition) is 3. The molecule has 5 heteroatoms. The van der Waals surface area contributed by atoms with Gasteiger partial charge in [-0.15, -0.1) is 0 Å². The topological polar surface area (TPSA) is 56.1 Å². The molecule has 2 aromatic carbocycles. The minimum Gasteiger partial charge on any atom is -0.496 e. The number of methoxy groups -OCH3 is 1. The molecule has 1 heterocycles. The molecule has 0 atom stereocenters. The molecule has 0 aliphatic rings. The lowest BCUT2D eigenvalue weighted by Gasteiger charge is -2.08. The number of carbonyl (C=O) groups is 1. The maximum atomic E-state index is 12.1. The molecule has 0 saturated heterocycles. The summed E-state index contributed by atoms with van der Waals surface area (Å²) in [5.74, 6) is 1.65. The van der Waals surface area contributed by atoms with Crippen molar-refractivity contribution in [2.45, 2.75) is 26.8 Å². The third kappa shape index (κ3) is 4.56. The molecule has 0 spiro atoms. The maximum Gasteiger partial charge on any atom is 0.244 e. The van der Waals surface area contributed by atoms with E-state index < -0.39 is 0 Å². The molecular weight excluding hydrogens is 338 g/mol. The third-order valence-corrected chi connectivity index (χ3v) is 4.50. The number of fused-ring (bicyclic) bond motifs is 1. The van der Waals surface area contributed by atoms with E-state index in [9.17, 15) is 4.79 Å². The maximum absolute atomic E-state index is 12.1. The monoisotopic (exact) mass is 363 g/mol. The predicted octanol–water partition coefficient (Wildman–Crippen LogP) is 3.88. The number of nitrogens with one attached hydrogen (secondary N) is 1. The molecule has 1 amide bonds. The highest BCUT2D eigenvalue weighted by molar-refractivity contribution is 5.92. The number of rotatable bonds is 7. The molecule has 3 aromatic rings. The van der Waals surface area contributed by atoms with E-state index in [4.69, 9.17) is 4.74 Å². The van der Waals surface area contributed by atoms with Gasteiger partial charge in [0.25, 0.3) is 0 Å². The van der Waals surface area contributed by atoms with Crippen molar-refractivity contribution >= 4 is 23.0 Å². The first-order chi connectivity index (χ1) is 13.1. The highest BCUT2D eigenvalue weighted by Crippen LogP contribution is 2.21. The highest BCUT2D eigenvalue weighted by Gasteiger charge is 2.06. The predicted molar refractivity (Wildman–Crippen MR) is 109 cm³/mol. The minimum absolute atomic E-state index is 0.106. The van der Waals surface area contributed by atoms with E-state index in [2.05, 4.69) is 20.9 Å². The zero-order valence-corrected chi connectivity index (χ0v) is 16.0. The number of ether oxygens (including phenoxy) is 1. The second kappa shape index (κ2) is 8.54. The summed E-state index contributed by atoms with van der Waals surface area (Å²) in [6.45, 7) is 5.46. The highest BCUT2D eigenvalue weighted by atomic mass is 16.5. The number of carbonyl (C=O) groups excluding carboxylic acids is 1. The Hall–Kier alpha value is -3.08. The fourth-order valence-corrected chi connectivity index (χ4v) is 3.14. The van der Waals surface area contributed by atoms with Gasteiger partial charge in [0.05, 0.1) is 18.1 Å². The molecule has 1 aromatic heterocycles. The molecule has 3 rings (SSSR count). The summed E-state index contributed by atoms with van der Waals surface area (Å²) >= 11 is 0. The molecule has 1 N–H and O–H groups in total. The van der Waals surface area contributed by atoms with Crippen LogP contribution >= 0.6 is 0 Å². The van der Waals surface area contributed by atoms with Crippen molar-refractivity contribution < 1.29 is 9.53 Å². The summed E-state index contributed by atoms with van der Waals surface area (Å²) in [6.07, 6.45) is 4.18. The number of para-hydroxylation sites is 2. The van der Waals surface area contributed by atoms with Crippen LogP contribution in [0.4, 0.5) is 0 Å². The van der Waals surface area contributed by atoms with Gasteiger partial charge in [0.2, 0.25) is 5.91 Å². The molecule has 5 nitrogen and oxygen atoms in total. The van der Waals surface area contributed by atoms with Crippen molar-refractivity contribution in [3.05, 3.63) is 65.5 Å². The smallest absolute Gasteiger partial charge is 0.244 e. The average molecular weight is 363 g/mol. The summed E-state index contributed by atoms with van der Waals surface area (Å²) in [7, 11) is 1.63. The molecule has 0 bridgehead atoms. The molecule has 0 radical (unpaired) electrons. The van der Waals surface area contributed by atoms with Crippen LogP contribution in [0.3, 0.4) is 0 Å². The van der Waals surface area contributed by atoms with Crippen LogP contribution in [-0.2, 0) is 11.3 Å². The molecule has 0 saturated carbocycles. The van der Waals surface area contributed by atoms with Crippen LogP contribution in [0.5, 0.6) is 5.75 Å². The quantitative estimate of drug-likeness (QED) is 0.512. The first-order valence-electron chi connectivity index (χ1n) is 9.11. The van der Waals surface area contributed by atoms with Gasteiger partial charge in [-0.05, 0) is 50.6 Å². The Labute approximate surface area is 159 Å². The second-order valence-corrected chi connectivity index (χ2v) is 6.52. The van der Waals surface area contributed by atoms with Crippen molar-refractivity contribution in [1.29, 1.82) is 0 Å². The minimum atomic E-state index is -0.106. The van der Waals surface area contributed by atoms with E-state index in [-0.39, 0.29) is 5.91 Å². The number of aryl methyl sites for hydroxylation is 3. The van der Waals surface area contributed by atoms with Gasteiger partial charge in [-0.2, -0.15) is 0 Å². The lowest BCUT2D eigenvalue weighted by molar-refractivity contribution is -0.116. The molecule has 0 aliphatic carbocycles. The van der Waals surface area contributed by atoms with E-state index in [1.54, 1.807) is 19.3 Å². The summed E-state index contributed by atoms with van der Waals surface area (Å²) in [5.41, 5.74) is 4.16. The van der Waals surface area contributed by atoms with E-state index in [0.29, 0.717) is 6.54 Å². The number of nitrogens with zero attached hydrogens (tertiary/aromatic N) is 2. The second-order valence-electron chi connectivity index (χ2n) is 6.52. The fourth-order valence-electron chi connectivity index (χ4n) is 3.14. The van der Waals surface area contributed by atoms with Crippen molar-refractivity contribution in [3.8, 4) is 5.75 Å². The zero-order chi connectivity index (χ0) is 19.2. The van der Waals surface area contributed by atoms with Crippen LogP contribution < -0.4 is 10.1 Å². The Kier molecular flexibility index (Phi) is 5.91. The van der Waals surface area contributed by atoms with Crippen LogP contribution in [0.1, 0.15) is 23.4 Å². The summed E-state index contributed by atoms with van der Waals surface area (Å²) < 4.78 is 7.52. The molecule has 0 aliphatic heterocycles. The SMILES string of the molecule is COc1ccc(C)cc1/C=C/C(=O)NCCCn1c(C)nc2ccccc21. The van der Waals surface area contributed by atoms with E-state index in [1.165, 1.54) is 0 Å². The van der Waals surface area contributed by atoms with E-state index >= 15 is 0 Å².